The molecule has 12 bridgehead atoms. The molecular weight excluding hydrogens is 1530 g/mol. The molecule has 13 rings (SSSR count). The summed E-state index contributed by atoms with van der Waals surface area (Å²) in [5.74, 6) is -4.61. The Balaban J connectivity index is 0.524. The van der Waals surface area contributed by atoms with Gasteiger partial charge in [-0.2, -0.15) is 0 Å². The molecule has 117 heavy (non-hydrogen) atoms. The highest BCUT2D eigenvalue weighted by atomic mass is 16.8. The molecule has 11 saturated heterocycles. The molecule has 4 unspecified atom stereocenters. The number of urea groups is 1. The zero-order valence-corrected chi connectivity index (χ0v) is 67.3. The Kier molecular flexibility index (Phi) is 32.7. The van der Waals surface area contributed by atoms with Gasteiger partial charge in [-0.05, 0) is 111 Å². The quantitative estimate of drug-likeness (QED) is 0.0281. The highest BCUT2D eigenvalue weighted by Gasteiger charge is 2.69. The normalized spacial score (nSPS) is 30.2. The van der Waals surface area contributed by atoms with Gasteiger partial charge in [0.05, 0.1) is 159 Å². The number of fused-ring (bicyclic) bond motifs is 6. The maximum atomic E-state index is 14.4. The van der Waals surface area contributed by atoms with Crippen molar-refractivity contribution in [3.8, 4) is 0 Å². The van der Waals surface area contributed by atoms with Crippen LogP contribution in [-0.4, -0.2) is 274 Å². The van der Waals surface area contributed by atoms with Gasteiger partial charge < -0.3 is 113 Å². The molecule has 0 saturated carbocycles. The minimum absolute atomic E-state index is 0.0179. The molecule has 0 radical (unpaired) electrons. The number of amides is 8. The smallest absolute Gasteiger partial charge is 0.407 e. The van der Waals surface area contributed by atoms with E-state index in [1.807, 2.05) is 0 Å². The maximum Gasteiger partial charge on any atom is 0.407 e. The van der Waals surface area contributed by atoms with Crippen LogP contribution in [0.3, 0.4) is 0 Å². The number of aliphatic hydroxyl groups excluding tert-OH is 1. The molecule has 36 nitrogen and oxygen atoms in total. The Morgan fingerprint density at radius 1 is 0.667 bits per heavy atom. The van der Waals surface area contributed by atoms with Gasteiger partial charge in [-0.25, -0.2) is 19.1 Å². The van der Waals surface area contributed by atoms with Crippen molar-refractivity contribution in [3.63, 3.8) is 0 Å². The number of anilines is 1. The lowest BCUT2D eigenvalue weighted by Crippen LogP contribution is -2.61. The predicted octanol–water partition coefficient (Wildman–Crippen LogP) is 4.07. The average molecular weight is 1650 g/mol. The van der Waals surface area contributed by atoms with Crippen molar-refractivity contribution in [3.05, 3.63) is 66.0 Å². The number of nitrogens with two attached hydrogens (primary N) is 1. The van der Waals surface area contributed by atoms with Gasteiger partial charge in [0.25, 0.3) is 11.8 Å². The molecule has 0 aliphatic carbocycles. The molecule has 11 aliphatic rings. The van der Waals surface area contributed by atoms with Gasteiger partial charge in [-0.15, -0.1) is 10.2 Å². The molecular formula is C81H118N10O26. The zero-order chi connectivity index (χ0) is 82.5. The number of ketones is 1. The number of benzene rings is 1. The second-order valence-electron chi connectivity index (χ2n) is 32.5. The van der Waals surface area contributed by atoms with Crippen LogP contribution in [0.15, 0.2) is 54.8 Å². The van der Waals surface area contributed by atoms with Gasteiger partial charge in [0.15, 0.2) is 5.79 Å². The standard InChI is InChI=1S/C81H118N10O26/c1-47(2)71(87-67(94)19-24-102-27-30-105-32-29-104-26-23-90-44-54(88-89-90)46-107-34-33-106-31-28-103-25-20-70(97)117-91-68(95)16-17-69(91)96)78(99)86-61(7-6-22-83-79(82)100)77(98)85-53-10-8-51(9-11-53)45-108-80(101)84-43-56(93)40-60-38-52-37-55(92)39-58-13-15-63-72(112-58)76-75-74(113-63)73-66(114-75)42-81(115-73,116-76)21-18-59-36-49(4)62(109-59)14-12-57-35-48(3)50(5)64(110-57)41-65(52)111-60/h8-11,44,47-48,52,56-66,71-76,93H,4-7,12-43,45-46H2,1-3H3,(H,84,101)(H,85,98)(H,86,99)(H,87,94)(H3,82,83,100)/t48-,52-,56+,57+,58-,59+,60+,61+,62+,63+,64?,65+,66-,71?,72?,73+,74?,75-,76+,81+/m1/s1. The third-order valence-corrected chi connectivity index (χ3v) is 23.2. The monoisotopic (exact) mass is 1650 g/mol. The van der Waals surface area contributed by atoms with Gasteiger partial charge in [-0.1, -0.05) is 51.3 Å². The topological polar surface area (TPSA) is 442 Å². The number of primary amides is 1. The van der Waals surface area contributed by atoms with E-state index in [2.05, 4.69) is 57.0 Å². The highest BCUT2D eigenvalue weighted by molar-refractivity contribution is 6.01. The Labute approximate surface area is 680 Å². The van der Waals surface area contributed by atoms with Crippen molar-refractivity contribution >= 4 is 59.1 Å². The van der Waals surface area contributed by atoms with E-state index in [-0.39, 0.29) is 214 Å². The SMILES string of the molecule is C=C1C2C[C@@H]3O[C@H](C[C@H](O)CNC(=O)OCc4ccc(NC(=O)[C@H](CCCNC(N)=O)NC(=O)C(NC(=O)CCOCCOCCOCCn5cc(COCCOCCOCCC(=O)ON6C(=O)CCC6=O)nn5)C(C)C)cc4)C[C@H]3CC(=O)C[C@H]3CC[C@@H]4OC5[C@H]6O[C@]7(CC[C@H]8CC(=C)[C@H](CC[C@@H](C[C@H]1C)O2)O8)C[C@H]6O[C@H]5[C@@H](O7)C4O3. The summed E-state index contributed by atoms with van der Waals surface area (Å²) in [4.78, 5) is 120. The number of nitrogens with one attached hydrogen (secondary N) is 5. The molecule has 36 heteroatoms. The van der Waals surface area contributed by atoms with E-state index in [0.717, 1.165) is 49.7 Å². The van der Waals surface area contributed by atoms with Gasteiger partial charge >= 0.3 is 18.1 Å². The Hall–Kier alpha value is -7.53. The minimum atomic E-state index is -1.10. The molecule has 8 amide bonds. The summed E-state index contributed by atoms with van der Waals surface area (Å²) >= 11 is 0. The second kappa shape index (κ2) is 43.1. The first-order valence-electron chi connectivity index (χ1n) is 41.7. The zero-order valence-electron chi connectivity index (χ0n) is 67.3. The fourth-order valence-electron chi connectivity index (χ4n) is 17.1. The van der Waals surface area contributed by atoms with Crippen LogP contribution in [0.25, 0.3) is 0 Å². The fraction of sp³-hybridized carbons (Fsp3) is 0.741. The molecule has 1 spiro atoms. The molecule has 11 aliphatic heterocycles. The number of hydroxylamine groups is 2. The third-order valence-electron chi connectivity index (χ3n) is 23.2. The summed E-state index contributed by atoms with van der Waals surface area (Å²) in [6, 6.07) is 3.66. The summed E-state index contributed by atoms with van der Waals surface area (Å²) in [6.07, 6.45) is 4.79. The number of imide groups is 1. The summed E-state index contributed by atoms with van der Waals surface area (Å²) in [7, 11) is 0. The number of aromatic nitrogens is 3. The number of rotatable bonds is 40. The van der Waals surface area contributed by atoms with Gasteiger partial charge in [0, 0.05) is 76.6 Å². The number of carbonyl (C=O) groups is 9. The number of hydrogen-bond acceptors (Lipinski definition) is 28. The van der Waals surface area contributed by atoms with E-state index in [9.17, 15) is 48.3 Å². The van der Waals surface area contributed by atoms with Crippen molar-refractivity contribution < 1.29 is 124 Å². The first-order valence-corrected chi connectivity index (χ1v) is 41.7. The van der Waals surface area contributed by atoms with Crippen LogP contribution in [0.5, 0.6) is 0 Å². The summed E-state index contributed by atoms with van der Waals surface area (Å²) in [5, 5.41) is 33.6. The number of hydrogen-bond donors (Lipinski definition) is 7. The van der Waals surface area contributed by atoms with Crippen LogP contribution in [-0.2, 0) is 129 Å². The first kappa shape index (κ1) is 88.7. The van der Waals surface area contributed by atoms with E-state index in [1.54, 1.807) is 49.0 Å². The fourth-order valence-corrected chi connectivity index (χ4v) is 17.1. The minimum Gasteiger partial charge on any atom is -0.445 e. The van der Waals surface area contributed by atoms with Gasteiger partial charge in [0.2, 0.25) is 17.7 Å². The Morgan fingerprint density at radius 2 is 1.34 bits per heavy atom. The molecule has 12 heterocycles. The predicted molar refractivity (Wildman–Crippen MR) is 410 cm³/mol. The van der Waals surface area contributed by atoms with Crippen molar-refractivity contribution in [1.29, 1.82) is 0 Å². The van der Waals surface area contributed by atoms with Crippen molar-refractivity contribution in [1.82, 2.24) is 41.3 Å². The second-order valence-corrected chi connectivity index (χ2v) is 32.5. The summed E-state index contributed by atoms with van der Waals surface area (Å²) < 4.78 is 95.0. The molecule has 20 atom stereocenters. The molecule has 11 fully saturated rings. The van der Waals surface area contributed by atoms with Crippen LogP contribution in [0.4, 0.5) is 15.3 Å². The van der Waals surface area contributed by atoms with Crippen LogP contribution in [0.1, 0.15) is 160 Å². The van der Waals surface area contributed by atoms with E-state index >= 15 is 0 Å². The number of carbonyl (C=O) groups excluding carboxylic acids is 9. The molecule has 1 aromatic carbocycles. The lowest BCUT2D eigenvalue weighted by atomic mass is 9.82. The van der Waals surface area contributed by atoms with Crippen molar-refractivity contribution in [2.75, 3.05) is 91.1 Å². The van der Waals surface area contributed by atoms with Crippen molar-refractivity contribution in [2.24, 2.45) is 23.5 Å². The first-order chi connectivity index (χ1) is 56.5. The number of alkyl carbamates (subject to hydrolysis) is 1. The number of aliphatic hydroxyl groups is 1. The molecule has 1 aromatic heterocycles. The summed E-state index contributed by atoms with van der Waals surface area (Å²) in [5.41, 5.74) is 8.94. The van der Waals surface area contributed by atoms with Gasteiger partial charge in [0.1, 0.15) is 60.7 Å². The lowest BCUT2D eigenvalue weighted by Gasteiger charge is -2.47. The van der Waals surface area contributed by atoms with Crippen molar-refractivity contribution in [2.45, 2.75) is 278 Å². The highest BCUT2D eigenvalue weighted by Crippen LogP contribution is 2.55. The number of nitrogens with zero attached hydrogens (tertiary/aromatic N) is 4. The third kappa shape index (κ3) is 25.5. The number of Topliss-reactive ketones (excluding diaryl/α,β-unsaturated/α-hetero) is 1. The van der Waals surface area contributed by atoms with Crippen LogP contribution < -0.4 is 32.3 Å². The van der Waals surface area contributed by atoms with Crippen LogP contribution in [0.2, 0.25) is 0 Å². The lowest BCUT2D eigenvalue weighted by molar-refractivity contribution is -0.292. The van der Waals surface area contributed by atoms with Crippen LogP contribution in [0, 0.1) is 17.8 Å². The maximum absolute atomic E-state index is 14.4. The van der Waals surface area contributed by atoms with E-state index in [1.165, 1.54) is 0 Å². The average Bonchev–Trinajstić information content (AvgIpc) is 1.55. The largest absolute Gasteiger partial charge is 0.445 e. The van der Waals surface area contributed by atoms with E-state index < -0.39 is 89.9 Å². The van der Waals surface area contributed by atoms with Crippen LogP contribution >= 0.6 is 0 Å². The number of ether oxygens (including phenoxy) is 15. The van der Waals surface area contributed by atoms with E-state index in [4.69, 9.17) is 81.6 Å². The molecule has 648 valence electrons. The Morgan fingerprint density at radius 3 is 2.09 bits per heavy atom. The van der Waals surface area contributed by atoms with E-state index in [0.29, 0.717) is 93.7 Å². The van der Waals surface area contributed by atoms with Gasteiger partial charge in [-0.3, -0.25) is 28.8 Å². The Bertz CT molecular complexity index is 3690. The molecule has 8 N–H and O–H groups in total. The molecule has 2 aromatic rings. The summed E-state index contributed by atoms with van der Waals surface area (Å²) in [6.45, 7) is 17.8.